The molecule has 1 fully saturated rings. The van der Waals surface area contributed by atoms with E-state index >= 15 is 0 Å². The summed E-state index contributed by atoms with van der Waals surface area (Å²) in [5.41, 5.74) is 1.01. The predicted molar refractivity (Wildman–Crippen MR) is 74.2 cm³/mol. The molecule has 4 heteroatoms. The lowest BCUT2D eigenvalue weighted by Crippen LogP contribution is -2.38. The van der Waals surface area contributed by atoms with Gasteiger partial charge in [-0.3, -0.25) is 0 Å². The van der Waals surface area contributed by atoms with Gasteiger partial charge in [0.05, 0.1) is 16.7 Å². The van der Waals surface area contributed by atoms with Crippen molar-refractivity contribution in [2.24, 2.45) is 0 Å². The molecular weight excluding hydrogens is 246 g/mol. The molecule has 1 aliphatic rings. The second-order valence-corrected chi connectivity index (χ2v) is 5.53. The van der Waals surface area contributed by atoms with E-state index in [4.69, 9.17) is 11.6 Å². The maximum absolute atomic E-state index is 6.17. The number of imidazole rings is 1. The van der Waals surface area contributed by atoms with Gasteiger partial charge in [0, 0.05) is 18.7 Å². The van der Waals surface area contributed by atoms with Crippen LogP contribution in [0.15, 0.2) is 24.5 Å². The Morgan fingerprint density at radius 1 is 1.44 bits per heavy atom. The Labute approximate surface area is 112 Å². The lowest BCUT2D eigenvalue weighted by molar-refractivity contribution is 0.182. The van der Waals surface area contributed by atoms with Crippen molar-refractivity contribution in [3.8, 4) is 0 Å². The van der Waals surface area contributed by atoms with Crippen molar-refractivity contribution in [2.75, 3.05) is 13.6 Å². The van der Waals surface area contributed by atoms with Crippen LogP contribution in [0.25, 0.3) is 5.52 Å². The highest BCUT2D eigenvalue weighted by Gasteiger charge is 2.21. The maximum atomic E-state index is 6.17. The van der Waals surface area contributed by atoms with Gasteiger partial charge in [0.2, 0.25) is 0 Å². The number of pyridine rings is 1. The lowest BCUT2D eigenvalue weighted by Gasteiger charge is -2.32. The number of likely N-dealkylation sites (tertiary alicyclic amines) is 1. The second kappa shape index (κ2) is 4.90. The van der Waals surface area contributed by atoms with Crippen molar-refractivity contribution < 1.29 is 0 Å². The standard InChI is InChI=1S/C14H18ClN3/c1-17-7-3-2-5-11(17)9-14-16-10-13-12(15)6-4-8-18(13)14/h4,6,8,10-11H,2-3,5,7,9H2,1H3. The van der Waals surface area contributed by atoms with Crippen LogP contribution in [0.5, 0.6) is 0 Å². The molecule has 1 saturated heterocycles. The Balaban J connectivity index is 1.88. The number of likely N-dealkylation sites (N-methyl/N-ethyl adjacent to an activating group) is 1. The number of nitrogens with zero attached hydrogens (tertiary/aromatic N) is 3. The second-order valence-electron chi connectivity index (χ2n) is 5.12. The summed E-state index contributed by atoms with van der Waals surface area (Å²) in [5.74, 6) is 1.12. The van der Waals surface area contributed by atoms with Gasteiger partial charge < -0.3 is 9.30 Å². The molecule has 0 amide bonds. The molecule has 0 spiro atoms. The Morgan fingerprint density at radius 2 is 2.33 bits per heavy atom. The molecule has 18 heavy (non-hydrogen) atoms. The third kappa shape index (κ3) is 2.13. The summed E-state index contributed by atoms with van der Waals surface area (Å²) in [6.07, 6.45) is 8.85. The lowest BCUT2D eigenvalue weighted by atomic mass is 10.00. The van der Waals surface area contributed by atoms with Gasteiger partial charge in [-0.05, 0) is 38.6 Å². The van der Waals surface area contributed by atoms with Gasteiger partial charge >= 0.3 is 0 Å². The van der Waals surface area contributed by atoms with E-state index in [0.29, 0.717) is 6.04 Å². The van der Waals surface area contributed by atoms with Crippen LogP contribution in [0.4, 0.5) is 0 Å². The van der Waals surface area contributed by atoms with Crippen LogP contribution in [0, 0.1) is 0 Å². The van der Waals surface area contributed by atoms with Crippen molar-refractivity contribution in [3.63, 3.8) is 0 Å². The predicted octanol–water partition coefficient (Wildman–Crippen LogP) is 3.01. The zero-order chi connectivity index (χ0) is 12.5. The van der Waals surface area contributed by atoms with Crippen molar-refractivity contribution in [1.29, 1.82) is 0 Å². The molecule has 0 saturated carbocycles. The number of hydrogen-bond donors (Lipinski definition) is 0. The molecule has 1 aliphatic heterocycles. The largest absolute Gasteiger partial charge is 0.303 e. The first-order valence-corrected chi connectivity index (χ1v) is 6.94. The molecular formula is C14H18ClN3. The molecule has 0 radical (unpaired) electrons. The third-order valence-electron chi connectivity index (χ3n) is 3.94. The summed E-state index contributed by atoms with van der Waals surface area (Å²) >= 11 is 6.17. The summed E-state index contributed by atoms with van der Waals surface area (Å²) in [4.78, 5) is 6.99. The van der Waals surface area contributed by atoms with Crippen LogP contribution in [0.2, 0.25) is 5.02 Å². The van der Waals surface area contributed by atoms with Crippen LogP contribution in [0.3, 0.4) is 0 Å². The van der Waals surface area contributed by atoms with E-state index in [1.807, 2.05) is 24.5 Å². The van der Waals surface area contributed by atoms with Crippen LogP contribution < -0.4 is 0 Å². The molecule has 1 atom stereocenters. The molecule has 3 rings (SSSR count). The molecule has 0 bridgehead atoms. The van der Waals surface area contributed by atoms with Gasteiger partial charge in [0.15, 0.2) is 0 Å². The number of fused-ring (bicyclic) bond motifs is 1. The van der Waals surface area contributed by atoms with Gasteiger partial charge in [-0.2, -0.15) is 0 Å². The molecule has 0 aliphatic carbocycles. The number of piperidine rings is 1. The Kier molecular flexibility index (Phi) is 3.27. The van der Waals surface area contributed by atoms with E-state index in [0.717, 1.165) is 22.8 Å². The highest BCUT2D eigenvalue weighted by Crippen LogP contribution is 2.22. The summed E-state index contributed by atoms with van der Waals surface area (Å²) in [5, 5.41) is 0.772. The average Bonchev–Trinajstić information content (AvgIpc) is 2.77. The third-order valence-corrected chi connectivity index (χ3v) is 4.26. The van der Waals surface area contributed by atoms with Gasteiger partial charge in [0.1, 0.15) is 5.82 Å². The minimum Gasteiger partial charge on any atom is -0.303 e. The first-order chi connectivity index (χ1) is 8.75. The molecule has 3 nitrogen and oxygen atoms in total. The van der Waals surface area contributed by atoms with E-state index in [1.54, 1.807) is 0 Å². The quantitative estimate of drug-likeness (QED) is 0.830. The number of aromatic nitrogens is 2. The fourth-order valence-corrected chi connectivity index (χ4v) is 3.02. The van der Waals surface area contributed by atoms with E-state index in [2.05, 4.69) is 21.3 Å². The highest BCUT2D eigenvalue weighted by atomic mass is 35.5. The van der Waals surface area contributed by atoms with E-state index in [-0.39, 0.29) is 0 Å². The summed E-state index contributed by atoms with van der Waals surface area (Å²) in [6, 6.07) is 4.50. The molecule has 2 aromatic heterocycles. The van der Waals surface area contributed by atoms with Crippen LogP contribution in [-0.4, -0.2) is 33.9 Å². The van der Waals surface area contributed by atoms with Crippen molar-refractivity contribution in [1.82, 2.24) is 14.3 Å². The van der Waals surface area contributed by atoms with Crippen molar-refractivity contribution in [3.05, 3.63) is 35.4 Å². The van der Waals surface area contributed by atoms with Crippen LogP contribution in [0.1, 0.15) is 25.1 Å². The van der Waals surface area contributed by atoms with E-state index in [1.165, 1.54) is 25.8 Å². The maximum Gasteiger partial charge on any atom is 0.114 e. The summed E-state index contributed by atoms with van der Waals surface area (Å²) in [7, 11) is 2.21. The van der Waals surface area contributed by atoms with Gasteiger partial charge in [0.25, 0.3) is 0 Å². The summed E-state index contributed by atoms with van der Waals surface area (Å²) < 4.78 is 2.12. The number of hydrogen-bond acceptors (Lipinski definition) is 2. The molecule has 0 aromatic carbocycles. The molecule has 3 heterocycles. The van der Waals surface area contributed by atoms with E-state index in [9.17, 15) is 0 Å². The Bertz CT molecular complexity index is 549. The van der Waals surface area contributed by atoms with Gasteiger partial charge in [-0.25, -0.2) is 4.98 Å². The Hall–Kier alpha value is -1.06. The number of rotatable bonds is 2. The fourth-order valence-electron chi connectivity index (χ4n) is 2.80. The summed E-state index contributed by atoms with van der Waals surface area (Å²) in [6.45, 7) is 1.20. The molecule has 0 N–H and O–H groups in total. The monoisotopic (exact) mass is 263 g/mol. The van der Waals surface area contributed by atoms with Gasteiger partial charge in [-0.15, -0.1) is 0 Å². The van der Waals surface area contributed by atoms with Crippen molar-refractivity contribution in [2.45, 2.75) is 31.7 Å². The van der Waals surface area contributed by atoms with Crippen molar-refractivity contribution >= 4 is 17.1 Å². The minimum absolute atomic E-state index is 0.614. The zero-order valence-corrected chi connectivity index (χ0v) is 11.4. The first-order valence-electron chi connectivity index (χ1n) is 6.56. The molecule has 1 unspecified atom stereocenters. The average molecular weight is 264 g/mol. The fraction of sp³-hybridized carbons (Fsp3) is 0.500. The minimum atomic E-state index is 0.614. The normalized spacial score (nSPS) is 21.6. The molecule has 2 aromatic rings. The van der Waals surface area contributed by atoms with Crippen LogP contribution >= 0.6 is 11.6 Å². The topological polar surface area (TPSA) is 20.5 Å². The van der Waals surface area contributed by atoms with Crippen LogP contribution in [-0.2, 0) is 6.42 Å². The smallest absolute Gasteiger partial charge is 0.114 e. The molecule has 96 valence electrons. The zero-order valence-electron chi connectivity index (χ0n) is 10.6. The number of halogens is 1. The Morgan fingerprint density at radius 3 is 3.17 bits per heavy atom. The van der Waals surface area contributed by atoms with Gasteiger partial charge in [-0.1, -0.05) is 18.0 Å². The SMILES string of the molecule is CN1CCCCC1Cc1ncc2c(Cl)cccn12. The van der Waals surface area contributed by atoms with E-state index < -0.39 is 0 Å². The highest BCUT2D eigenvalue weighted by molar-refractivity contribution is 6.33. The first kappa shape index (κ1) is 12.0.